The molecule has 1 aromatic carbocycles. The summed E-state index contributed by atoms with van der Waals surface area (Å²) >= 11 is 17.6. The van der Waals surface area contributed by atoms with Crippen molar-refractivity contribution in [2.45, 2.75) is 29.0 Å². The SMILES string of the molecule is CN(SC(Cl)(Cl)Cl)C(=O)Oc1cccc2c1OC(C)(C)C2. The van der Waals surface area contributed by atoms with E-state index in [1.165, 1.54) is 7.05 Å². The van der Waals surface area contributed by atoms with E-state index in [1.807, 2.05) is 26.0 Å². The molecule has 2 rings (SSSR count). The largest absolute Gasteiger partial charge is 0.483 e. The summed E-state index contributed by atoms with van der Waals surface area (Å²) in [5, 5.41) is 0. The van der Waals surface area contributed by atoms with Crippen LogP contribution in [0.2, 0.25) is 0 Å². The Labute approximate surface area is 142 Å². The highest BCUT2D eigenvalue weighted by Gasteiger charge is 2.33. The van der Waals surface area contributed by atoms with Crippen LogP contribution in [-0.4, -0.2) is 26.2 Å². The number of amides is 1. The first-order valence-corrected chi connectivity index (χ1v) is 8.00. The fraction of sp³-hybridized carbons (Fsp3) is 0.462. The molecule has 0 aliphatic carbocycles. The first-order chi connectivity index (χ1) is 9.57. The van der Waals surface area contributed by atoms with Gasteiger partial charge in [0.25, 0.3) is 3.12 Å². The van der Waals surface area contributed by atoms with E-state index in [0.717, 1.165) is 28.2 Å². The van der Waals surface area contributed by atoms with Gasteiger partial charge in [-0.2, -0.15) is 0 Å². The summed E-state index contributed by atoms with van der Waals surface area (Å²) in [6, 6.07) is 5.43. The van der Waals surface area contributed by atoms with Gasteiger partial charge in [-0.3, -0.25) is 4.31 Å². The lowest BCUT2D eigenvalue weighted by atomic mass is 10.0. The number of halogens is 3. The van der Waals surface area contributed by atoms with Crippen LogP contribution in [0, 0.1) is 0 Å². The zero-order valence-corrected chi connectivity index (χ0v) is 14.7. The summed E-state index contributed by atoms with van der Waals surface area (Å²) in [6.45, 7) is 3.95. The smallest absolute Gasteiger partial charge is 0.425 e. The molecule has 1 heterocycles. The summed E-state index contributed by atoms with van der Waals surface area (Å²) in [5.41, 5.74) is 0.685. The molecule has 1 aliphatic rings. The summed E-state index contributed by atoms with van der Waals surface area (Å²) in [5.74, 6) is 0.947. The molecule has 0 aromatic heterocycles. The number of rotatable bonds is 2. The molecule has 0 bridgehead atoms. The molecule has 0 saturated heterocycles. The number of ether oxygens (including phenoxy) is 2. The van der Waals surface area contributed by atoms with Crippen molar-refractivity contribution in [2.75, 3.05) is 7.05 Å². The third kappa shape index (κ3) is 4.49. The normalized spacial score (nSPS) is 16.1. The van der Waals surface area contributed by atoms with Gasteiger partial charge >= 0.3 is 6.09 Å². The standard InChI is InChI=1S/C13H14Cl3NO3S/c1-12(2)7-8-5-4-6-9(10(8)20-12)19-11(18)17(3)21-13(14,15)16/h4-6H,7H2,1-3H3. The van der Waals surface area contributed by atoms with Gasteiger partial charge in [-0.05, 0) is 19.9 Å². The monoisotopic (exact) mass is 369 g/mol. The van der Waals surface area contributed by atoms with E-state index in [4.69, 9.17) is 44.3 Å². The van der Waals surface area contributed by atoms with Gasteiger partial charge in [0.2, 0.25) is 0 Å². The molecular weight excluding hydrogens is 357 g/mol. The van der Waals surface area contributed by atoms with Crippen molar-refractivity contribution in [1.82, 2.24) is 4.31 Å². The third-order valence-electron chi connectivity index (χ3n) is 2.75. The first kappa shape index (κ1) is 16.9. The first-order valence-electron chi connectivity index (χ1n) is 6.10. The molecule has 0 N–H and O–H groups in total. The molecule has 1 amide bonds. The molecule has 4 nitrogen and oxygen atoms in total. The zero-order valence-electron chi connectivity index (χ0n) is 11.7. The van der Waals surface area contributed by atoms with E-state index in [0.29, 0.717) is 11.5 Å². The second-order valence-corrected chi connectivity index (χ2v) is 9.48. The van der Waals surface area contributed by atoms with Crippen LogP contribution in [0.15, 0.2) is 18.2 Å². The van der Waals surface area contributed by atoms with Crippen molar-refractivity contribution in [2.24, 2.45) is 0 Å². The number of fused-ring (bicyclic) bond motifs is 1. The van der Waals surface area contributed by atoms with E-state index < -0.39 is 9.22 Å². The fourth-order valence-electron chi connectivity index (χ4n) is 2.02. The second kappa shape index (κ2) is 5.95. The van der Waals surface area contributed by atoms with E-state index >= 15 is 0 Å². The molecule has 8 heteroatoms. The van der Waals surface area contributed by atoms with Crippen LogP contribution in [-0.2, 0) is 6.42 Å². The third-order valence-corrected chi connectivity index (χ3v) is 4.00. The van der Waals surface area contributed by atoms with Gasteiger partial charge < -0.3 is 9.47 Å². The van der Waals surface area contributed by atoms with Crippen LogP contribution in [0.4, 0.5) is 4.79 Å². The molecule has 0 radical (unpaired) electrons. The molecule has 1 aliphatic heterocycles. The number of para-hydroxylation sites is 1. The minimum atomic E-state index is -1.63. The van der Waals surface area contributed by atoms with E-state index in [-0.39, 0.29) is 5.60 Å². The predicted molar refractivity (Wildman–Crippen MR) is 86.5 cm³/mol. The number of hydrogen-bond acceptors (Lipinski definition) is 4. The van der Waals surface area contributed by atoms with Crippen LogP contribution >= 0.6 is 46.8 Å². The molecule has 116 valence electrons. The van der Waals surface area contributed by atoms with Gasteiger partial charge in [0.1, 0.15) is 5.60 Å². The van der Waals surface area contributed by atoms with Crippen LogP contribution < -0.4 is 9.47 Å². The van der Waals surface area contributed by atoms with E-state index in [2.05, 4.69) is 0 Å². The Morgan fingerprint density at radius 3 is 2.71 bits per heavy atom. The minimum Gasteiger partial charge on any atom is -0.483 e. The average molecular weight is 371 g/mol. The van der Waals surface area contributed by atoms with Crippen LogP contribution in [0.3, 0.4) is 0 Å². The number of carbonyl (C=O) groups excluding carboxylic acids is 1. The number of alkyl halides is 3. The van der Waals surface area contributed by atoms with Crippen molar-refractivity contribution in [1.29, 1.82) is 0 Å². The van der Waals surface area contributed by atoms with E-state index in [9.17, 15) is 4.79 Å². The van der Waals surface area contributed by atoms with Crippen molar-refractivity contribution < 1.29 is 14.3 Å². The summed E-state index contributed by atoms with van der Waals surface area (Å²) in [6.07, 6.45) is 0.111. The molecule has 21 heavy (non-hydrogen) atoms. The number of benzene rings is 1. The quantitative estimate of drug-likeness (QED) is 0.553. The molecule has 1 aromatic rings. The maximum absolute atomic E-state index is 12.0. The highest BCUT2D eigenvalue weighted by Crippen LogP contribution is 2.43. The van der Waals surface area contributed by atoms with Crippen LogP contribution in [0.25, 0.3) is 0 Å². The lowest BCUT2D eigenvalue weighted by Crippen LogP contribution is -2.27. The van der Waals surface area contributed by atoms with Gasteiger partial charge in [-0.1, -0.05) is 46.9 Å². The topological polar surface area (TPSA) is 38.8 Å². The number of nitrogens with zero attached hydrogens (tertiary/aromatic N) is 1. The predicted octanol–water partition coefficient (Wildman–Crippen LogP) is 4.81. The number of carbonyl (C=O) groups is 1. The highest BCUT2D eigenvalue weighted by molar-refractivity contribution is 8.03. The van der Waals surface area contributed by atoms with Crippen molar-refractivity contribution in [3.63, 3.8) is 0 Å². The van der Waals surface area contributed by atoms with Gasteiger partial charge in [0.15, 0.2) is 11.5 Å². The summed E-state index contributed by atoms with van der Waals surface area (Å²) < 4.78 is 10.6. The molecule has 0 saturated carbocycles. The van der Waals surface area contributed by atoms with Crippen molar-refractivity contribution in [3.05, 3.63) is 23.8 Å². The summed E-state index contributed by atoms with van der Waals surface area (Å²) in [7, 11) is 1.46. The Morgan fingerprint density at radius 1 is 1.43 bits per heavy atom. The molecule has 0 spiro atoms. The van der Waals surface area contributed by atoms with Crippen LogP contribution in [0.5, 0.6) is 11.5 Å². The van der Waals surface area contributed by atoms with E-state index in [1.54, 1.807) is 6.07 Å². The Bertz CT molecular complexity index is 560. The molecular formula is C13H14Cl3NO3S. The maximum atomic E-state index is 12.0. The Morgan fingerprint density at radius 2 is 2.10 bits per heavy atom. The average Bonchev–Trinajstić information content (AvgIpc) is 2.62. The minimum absolute atomic E-state index is 0.316. The van der Waals surface area contributed by atoms with Gasteiger partial charge in [-0.25, -0.2) is 4.79 Å². The lowest BCUT2D eigenvalue weighted by Gasteiger charge is -2.21. The van der Waals surface area contributed by atoms with Gasteiger partial charge in [0.05, 0.1) is 0 Å². The highest BCUT2D eigenvalue weighted by atomic mass is 35.6. The summed E-state index contributed by atoms with van der Waals surface area (Å²) in [4.78, 5) is 12.0. The molecule has 0 atom stereocenters. The lowest BCUT2D eigenvalue weighted by molar-refractivity contribution is 0.132. The second-order valence-electron chi connectivity index (χ2n) is 5.19. The fourth-order valence-corrected chi connectivity index (χ4v) is 3.37. The zero-order chi connectivity index (χ0) is 15.8. The maximum Gasteiger partial charge on any atom is 0.425 e. The Hall–Kier alpha value is -0.490. The number of hydrogen-bond donors (Lipinski definition) is 0. The molecule has 0 fully saturated rings. The molecule has 0 unspecified atom stereocenters. The Kier molecular flexibility index (Phi) is 4.78. The van der Waals surface area contributed by atoms with Crippen molar-refractivity contribution >= 4 is 52.8 Å². The van der Waals surface area contributed by atoms with Crippen molar-refractivity contribution in [3.8, 4) is 11.5 Å². The van der Waals surface area contributed by atoms with Gasteiger partial charge in [-0.15, -0.1) is 0 Å². The Balaban J connectivity index is 2.12. The van der Waals surface area contributed by atoms with Gasteiger partial charge in [0, 0.05) is 31.0 Å². The van der Waals surface area contributed by atoms with Crippen LogP contribution in [0.1, 0.15) is 19.4 Å².